The van der Waals surface area contributed by atoms with Crippen molar-refractivity contribution in [2.24, 2.45) is 46.3 Å². The second kappa shape index (κ2) is 7.87. The van der Waals surface area contributed by atoms with E-state index in [-0.39, 0.29) is 6.10 Å². The van der Waals surface area contributed by atoms with Crippen LogP contribution in [0.1, 0.15) is 90.7 Å². The molecular weight excluding hydrogens is 368 g/mol. The highest BCUT2D eigenvalue weighted by Crippen LogP contribution is 2.68. The number of fused-ring (bicyclic) bond motifs is 5. The van der Waals surface area contributed by atoms with Gasteiger partial charge in [0.2, 0.25) is 0 Å². The molecule has 3 heteroatoms. The van der Waals surface area contributed by atoms with Crippen molar-refractivity contribution in [2.45, 2.75) is 97.5 Å². The minimum Gasteiger partial charge on any atom is -0.393 e. The molecule has 0 amide bonds. The summed E-state index contributed by atoms with van der Waals surface area (Å²) in [5.41, 5.74) is 2.19. The van der Waals surface area contributed by atoms with Crippen LogP contribution in [0.2, 0.25) is 0 Å². The van der Waals surface area contributed by atoms with Crippen LogP contribution >= 0.6 is 0 Å². The predicted octanol–water partition coefficient (Wildman–Crippen LogP) is 6.07. The number of aliphatic hydroxyl groups is 1. The molecule has 1 aromatic heterocycles. The highest BCUT2D eigenvalue weighted by molar-refractivity contribution is 5.10. The van der Waals surface area contributed by atoms with Crippen LogP contribution in [0.4, 0.5) is 0 Å². The zero-order valence-electron chi connectivity index (χ0n) is 19.4. The largest absolute Gasteiger partial charge is 0.393 e. The molecule has 30 heavy (non-hydrogen) atoms. The lowest BCUT2D eigenvalue weighted by Crippen LogP contribution is -2.54. The van der Waals surface area contributed by atoms with E-state index in [4.69, 9.17) is 0 Å². The van der Waals surface area contributed by atoms with Gasteiger partial charge in [0.05, 0.1) is 11.8 Å². The number of hydrogen-bond acceptors (Lipinski definition) is 3. The van der Waals surface area contributed by atoms with Crippen molar-refractivity contribution in [3.8, 4) is 0 Å². The van der Waals surface area contributed by atoms with E-state index in [0.717, 1.165) is 60.5 Å². The van der Waals surface area contributed by atoms with E-state index >= 15 is 0 Å². The summed E-state index contributed by atoms with van der Waals surface area (Å²) in [5, 5.41) is 10.3. The highest BCUT2D eigenvalue weighted by Gasteiger charge is 2.60. The third kappa shape index (κ3) is 3.34. The Morgan fingerprint density at radius 3 is 2.60 bits per heavy atom. The molecule has 5 rings (SSSR count). The molecule has 1 aromatic rings. The third-order valence-electron chi connectivity index (χ3n) is 10.9. The van der Waals surface area contributed by atoms with Gasteiger partial charge in [-0.25, -0.2) is 0 Å². The van der Waals surface area contributed by atoms with Crippen molar-refractivity contribution >= 4 is 0 Å². The summed E-state index contributed by atoms with van der Waals surface area (Å²) < 4.78 is 0. The average molecular weight is 411 g/mol. The Bertz CT molecular complexity index is 738. The molecule has 1 N–H and O–H groups in total. The molecule has 9 unspecified atom stereocenters. The number of aromatic nitrogens is 2. The van der Waals surface area contributed by atoms with Gasteiger partial charge in [-0.15, -0.1) is 0 Å². The van der Waals surface area contributed by atoms with Gasteiger partial charge in [-0.1, -0.05) is 20.8 Å². The van der Waals surface area contributed by atoms with Crippen LogP contribution in [-0.2, 0) is 6.42 Å². The van der Waals surface area contributed by atoms with Crippen LogP contribution in [0.5, 0.6) is 0 Å². The molecule has 0 spiro atoms. The molecule has 4 saturated carbocycles. The van der Waals surface area contributed by atoms with Crippen LogP contribution in [0.25, 0.3) is 0 Å². The fourth-order valence-corrected chi connectivity index (χ4v) is 9.25. The van der Waals surface area contributed by atoms with Gasteiger partial charge in [0.15, 0.2) is 0 Å². The summed E-state index contributed by atoms with van der Waals surface area (Å²) in [5.74, 6) is 5.21. The van der Waals surface area contributed by atoms with Crippen molar-refractivity contribution in [3.63, 3.8) is 0 Å². The zero-order valence-corrected chi connectivity index (χ0v) is 19.4. The lowest BCUT2D eigenvalue weighted by molar-refractivity contribution is -0.129. The molecule has 4 aliphatic carbocycles. The summed E-state index contributed by atoms with van der Waals surface area (Å²) in [6.07, 6.45) is 19.8. The number of hydrogen-bond donors (Lipinski definition) is 1. The van der Waals surface area contributed by atoms with E-state index in [1.165, 1.54) is 51.4 Å². The Morgan fingerprint density at radius 2 is 1.80 bits per heavy atom. The number of aryl methyl sites for hydroxylation is 1. The topological polar surface area (TPSA) is 46.0 Å². The van der Waals surface area contributed by atoms with E-state index in [2.05, 4.69) is 30.7 Å². The molecule has 166 valence electrons. The van der Waals surface area contributed by atoms with Gasteiger partial charge in [0.1, 0.15) is 0 Å². The summed E-state index contributed by atoms with van der Waals surface area (Å²) in [6, 6.07) is 0. The normalized spacial score (nSPS) is 46.5. The monoisotopic (exact) mass is 410 g/mol. The Kier molecular flexibility index (Phi) is 5.49. The minimum atomic E-state index is -0.0282. The van der Waals surface area contributed by atoms with E-state index in [0.29, 0.717) is 10.8 Å². The molecule has 3 nitrogen and oxygen atoms in total. The third-order valence-corrected chi connectivity index (χ3v) is 10.9. The molecular formula is C27H42N2O. The molecule has 0 aliphatic heterocycles. The molecule has 0 radical (unpaired) electrons. The SMILES string of the molecule is CC(CCc1cnccn1)C1CCC2C3CCC4CC(O)CCC4(C)C3CCC12C. The van der Waals surface area contributed by atoms with Crippen LogP contribution in [0.15, 0.2) is 18.6 Å². The van der Waals surface area contributed by atoms with Crippen LogP contribution in [-0.4, -0.2) is 21.2 Å². The Hall–Kier alpha value is -0.960. The minimum absolute atomic E-state index is 0.0282. The smallest absolute Gasteiger partial charge is 0.0586 e. The van der Waals surface area contributed by atoms with Gasteiger partial charge in [-0.2, -0.15) is 0 Å². The molecule has 0 bridgehead atoms. The van der Waals surface area contributed by atoms with Crippen molar-refractivity contribution in [3.05, 3.63) is 24.3 Å². The molecule has 1 heterocycles. The van der Waals surface area contributed by atoms with Gasteiger partial charge < -0.3 is 5.11 Å². The van der Waals surface area contributed by atoms with Gasteiger partial charge in [0.25, 0.3) is 0 Å². The summed E-state index contributed by atoms with van der Waals surface area (Å²) in [7, 11) is 0. The van der Waals surface area contributed by atoms with E-state index in [1.54, 1.807) is 6.20 Å². The lowest BCUT2D eigenvalue weighted by atomic mass is 9.44. The zero-order chi connectivity index (χ0) is 20.9. The molecule has 0 aromatic carbocycles. The number of nitrogens with zero attached hydrogens (tertiary/aromatic N) is 2. The van der Waals surface area contributed by atoms with E-state index in [1.807, 2.05) is 12.4 Å². The fraction of sp³-hybridized carbons (Fsp3) is 0.852. The second-order valence-corrected chi connectivity index (χ2v) is 12.0. The first-order valence-corrected chi connectivity index (χ1v) is 12.8. The first-order valence-electron chi connectivity index (χ1n) is 12.8. The second-order valence-electron chi connectivity index (χ2n) is 12.0. The fourth-order valence-electron chi connectivity index (χ4n) is 9.25. The quantitative estimate of drug-likeness (QED) is 0.656. The van der Waals surface area contributed by atoms with Gasteiger partial charge in [-0.3, -0.25) is 9.97 Å². The van der Waals surface area contributed by atoms with Crippen LogP contribution < -0.4 is 0 Å². The first kappa shape index (κ1) is 20.9. The van der Waals surface area contributed by atoms with Crippen LogP contribution in [0, 0.1) is 46.3 Å². The first-order chi connectivity index (χ1) is 14.4. The Morgan fingerprint density at radius 1 is 1.00 bits per heavy atom. The summed E-state index contributed by atoms with van der Waals surface area (Å²) in [4.78, 5) is 8.75. The standard InChI is InChI=1S/C27H42N2O/c1-18(4-6-20-17-28-14-15-29-20)23-8-9-24-22-7-5-19-16-21(30)10-12-26(19,2)25(22)11-13-27(23,24)3/h14-15,17-19,21-25,30H,4-13,16H2,1-3H3. The maximum Gasteiger partial charge on any atom is 0.0586 e. The van der Waals surface area contributed by atoms with E-state index in [9.17, 15) is 5.11 Å². The summed E-state index contributed by atoms with van der Waals surface area (Å²) >= 11 is 0. The van der Waals surface area contributed by atoms with Gasteiger partial charge >= 0.3 is 0 Å². The maximum atomic E-state index is 10.3. The van der Waals surface area contributed by atoms with Gasteiger partial charge in [-0.05, 0) is 117 Å². The van der Waals surface area contributed by atoms with Crippen molar-refractivity contribution in [1.29, 1.82) is 0 Å². The molecule has 4 aliphatic rings. The molecule has 0 saturated heterocycles. The van der Waals surface area contributed by atoms with E-state index < -0.39 is 0 Å². The molecule has 9 atom stereocenters. The number of aliphatic hydroxyl groups excluding tert-OH is 1. The average Bonchev–Trinajstić information content (AvgIpc) is 3.10. The van der Waals surface area contributed by atoms with Gasteiger partial charge in [0, 0.05) is 18.6 Å². The lowest BCUT2D eigenvalue weighted by Gasteiger charge is -2.61. The Labute approximate surface area is 183 Å². The van der Waals surface area contributed by atoms with Crippen molar-refractivity contribution < 1.29 is 5.11 Å². The van der Waals surface area contributed by atoms with Crippen LogP contribution in [0.3, 0.4) is 0 Å². The maximum absolute atomic E-state index is 10.3. The summed E-state index contributed by atoms with van der Waals surface area (Å²) in [6.45, 7) is 7.80. The van der Waals surface area contributed by atoms with Crippen molar-refractivity contribution in [2.75, 3.05) is 0 Å². The highest BCUT2D eigenvalue weighted by atomic mass is 16.3. The van der Waals surface area contributed by atoms with Crippen molar-refractivity contribution in [1.82, 2.24) is 9.97 Å². The Balaban J connectivity index is 1.29. The molecule has 4 fully saturated rings. The predicted molar refractivity (Wildman–Crippen MR) is 121 cm³/mol. The number of rotatable bonds is 4.